The topological polar surface area (TPSA) is 98.7 Å². The van der Waals surface area contributed by atoms with Gasteiger partial charge in [0.05, 0.1) is 17.6 Å². The maximum absolute atomic E-state index is 5.52. The lowest BCUT2D eigenvalue weighted by molar-refractivity contribution is 0.0672. The number of ether oxygens (including phenoxy) is 1. The second-order valence-electron chi connectivity index (χ2n) is 5.08. The summed E-state index contributed by atoms with van der Waals surface area (Å²) in [4.78, 5) is 14.7. The van der Waals surface area contributed by atoms with E-state index in [2.05, 4.69) is 25.7 Å². The van der Waals surface area contributed by atoms with E-state index in [4.69, 9.17) is 19.2 Å². The lowest BCUT2D eigenvalue weighted by Gasteiger charge is -2.15. The molecule has 0 aliphatic carbocycles. The monoisotopic (exact) mass is 359 g/mol. The SMILES string of the molecule is CON=C(C)C(C)=NN=Cc1ccccc1C(=NOC)C1=NOCCO1. The van der Waals surface area contributed by atoms with Crippen LogP contribution in [-0.2, 0) is 19.2 Å². The zero-order valence-electron chi connectivity index (χ0n) is 15.2. The lowest BCUT2D eigenvalue weighted by Crippen LogP contribution is -2.26. The van der Waals surface area contributed by atoms with E-state index in [9.17, 15) is 0 Å². The highest BCUT2D eigenvalue weighted by Gasteiger charge is 2.20. The van der Waals surface area contributed by atoms with Crippen molar-refractivity contribution in [2.24, 2.45) is 25.7 Å². The van der Waals surface area contributed by atoms with Crippen LogP contribution < -0.4 is 0 Å². The summed E-state index contributed by atoms with van der Waals surface area (Å²) in [7, 11) is 2.93. The quantitative estimate of drug-likeness (QED) is 0.550. The van der Waals surface area contributed by atoms with Crippen molar-refractivity contribution < 1.29 is 19.2 Å². The van der Waals surface area contributed by atoms with Crippen molar-refractivity contribution in [3.63, 3.8) is 0 Å². The Balaban J connectivity index is 2.33. The third-order valence-corrected chi connectivity index (χ3v) is 3.32. The van der Waals surface area contributed by atoms with Gasteiger partial charge in [-0.1, -0.05) is 34.6 Å². The molecular weight excluding hydrogens is 338 g/mol. The van der Waals surface area contributed by atoms with Gasteiger partial charge in [-0.15, -0.1) is 0 Å². The van der Waals surface area contributed by atoms with Gasteiger partial charge in [0.1, 0.15) is 20.8 Å². The smallest absolute Gasteiger partial charge is 0.280 e. The van der Waals surface area contributed by atoms with E-state index < -0.39 is 0 Å². The largest absolute Gasteiger partial charge is 0.470 e. The number of oxime groups is 3. The number of benzene rings is 1. The van der Waals surface area contributed by atoms with E-state index in [1.165, 1.54) is 14.2 Å². The van der Waals surface area contributed by atoms with Crippen LogP contribution in [0.5, 0.6) is 0 Å². The summed E-state index contributed by atoms with van der Waals surface area (Å²) < 4.78 is 5.52. The Kier molecular flexibility index (Phi) is 7.29. The maximum atomic E-state index is 5.52. The Hall–Kier alpha value is -3.23. The molecule has 0 bridgehead atoms. The second-order valence-corrected chi connectivity index (χ2v) is 5.08. The summed E-state index contributed by atoms with van der Waals surface area (Å²) >= 11 is 0. The molecule has 0 fully saturated rings. The molecule has 1 aromatic carbocycles. The minimum Gasteiger partial charge on any atom is -0.470 e. The second kappa shape index (κ2) is 9.92. The molecular formula is C17H21N5O4. The average molecular weight is 359 g/mol. The molecule has 0 spiro atoms. The van der Waals surface area contributed by atoms with Gasteiger partial charge >= 0.3 is 0 Å². The highest BCUT2D eigenvalue weighted by Crippen LogP contribution is 2.12. The average Bonchev–Trinajstić information content (AvgIpc) is 2.67. The Bertz CT molecular complexity index is 768. The van der Waals surface area contributed by atoms with E-state index >= 15 is 0 Å². The van der Waals surface area contributed by atoms with Crippen molar-refractivity contribution in [3.8, 4) is 0 Å². The van der Waals surface area contributed by atoms with Gasteiger partial charge in [-0.25, -0.2) is 0 Å². The Morgan fingerprint density at radius 1 is 1.08 bits per heavy atom. The third-order valence-electron chi connectivity index (χ3n) is 3.32. The van der Waals surface area contributed by atoms with Gasteiger partial charge in [-0.05, 0) is 19.0 Å². The molecule has 0 saturated heterocycles. The normalized spacial score (nSPS) is 16.0. The van der Waals surface area contributed by atoms with Crippen LogP contribution in [-0.4, -0.2) is 56.7 Å². The molecule has 2 rings (SSSR count). The van der Waals surface area contributed by atoms with Crippen molar-refractivity contribution in [1.29, 1.82) is 0 Å². The van der Waals surface area contributed by atoms with Crippen LogP contribution in [0.15, 0.2) is 49.9 Å². The van der Waals surface area contributed by atoms with Gasteiger partial charge in [0.15, 0.2) is 12.3 Å². The third kappa shape index (κ3) is 5.13. The minimum atomic E-state index is 0.252. The summed E-state index contributed by atoms with van der Waals surface area (Å²) in [5.74, 6) is 0.252. The summed E-state index contributed by atoms with van der Waals surface area (Å²) in [5, 5.41) is 20.0. The highest BCUT2D eigenvalue weighted by molar-refractivity contribution is 6.46. The highest BCUT2D eigenvalue weighted by atomic mass is 16.7. The minimum absolute atomic E-state index is 0.252. The predicted molar refractivity (Wildman–Crippen MR) is 100 cm³/mol. The molecule has 1 aromatic rings. The first kappa shape index (κ1) is 19.1. The summed E-state index contributed by atoms with van der Waals surface area (Å²) in [6.45, 7) is 4.36. The molecule has 26 heavy (non-hydrogen) atoms. The molecule has 1 heterocycles. The molecule has 0 radical (unpaired) electrons. The number of hydrogen-bond donors (Lipinski definition) is 0. The van der Waals surface area contributed by atoms with Crippen molar-refractivity contribution in [2.75, 3.05) is 27.4 Å². The van der Waals surface area contributed by atoms with E-state index in [0.717, 1.165) is 11.1 Å². The van der Waals surface area contributed by atoms with E-state index in [1.807, 2.05) is 24.3 Å². The molecule has 0 N–H and O–H groups in total. The Morgan fingerprint density at radius 3 is 2.54 bits per heavy atom. The predicted octanol–water partition coefficient (Wildman–Crippen LogP) is 2.21. The maximum Gasteiger partial charge on any atom is 0.280 e. The van der Waals surface area contributed by atoms with Gasteiger partial charge in [-0.2, -0.15) is 10.2 Å². The first-order valence-corrected chi connectivity index (χ1v) is 7.86. The summed E-state index contributed by atoms with van der Waals surface area (Å²) in [5.41, 5.74) is 3.17. The van der Waals surface area contributed by atoms with Crippen molar-refractivity contribution in [2.45, 2.75) is 13.8 Å². The lowest BCUT2D eigenvalue weighted by atomic mass is 10.0. The number of hydrogen-bond acceptors (Lipinski definition) is 9. The zero-order chi connectivity index (χ0) is 18.8. The molecule has 9 nitrogen and oxygen atoms in total. The van der Waals surface area contributed by atoms with Gasteiger partial charge in [-0.3, -0.25) is 0 Å². The van der Waals surface area contributed by atoms with E-state index in [0.29, 0.717) is 30.3 Å². The summed E-state index contributed by atoms with van der Waals surface area (Å²) in [6, 6.07) is 7.47. The molecule has 0 saturated carbocycles. The first-order chi connectivity index (χ1) is 12.7. The van der Waals surface area contributed by atoms with Crippen LogP contribution in [0.1, 0.15) is 25.0 Å². The Labute approximate surface area is 151 Å². The van der Waals surface area contributed by atoms with E-state index in [-0.39, 0.29) is 5.90 Å². The number of rotatable bonds is 7. The Morgan fingerprint density at radius 2 is 1.85 bits per heavy atom. The molecule has 9 heteroatoms. The van der Waals surface area contributed by atoms with Crippen LogP contribution in [0.4, 0.5) is 0 Å². The molecule has 1 aliphatic heterocycles. The first-order valence-electron chi connectivity index (χ1n) is 7.86. The fourth-order valence-corrected chi connectivity index (χ4v) is 1.99. The molecule has 138 valence electrons. The molecule has 0 amide bonds. The van der Waals surface area contributed by atoms with Crippen molar-refractivity contribution in [3.05, 3.63) is 35.4 Å². The van der Waals surface area contributed by atoms with Crippen LogP contribution >= 0.6 is 0 Å². The number of nitrogens with zero attached hydrogens (tertiary/aromatic N) is 5. The van der Waals surface area contributed by atoms with E-state index in [1.54, 1.807) is 20.1 Å². The van der Waals surface area contributed by atoms with Crippen LogP contribution in [0.25, 0.3) is 0 Å². The van der Waals surface area contributed by atoms with Crippen molar-refractivity contribution in [1.82, 2.24) is 0 Å². The van der Waals surface area contributed by atoms with Gasteiger partial charge in [0.2, 0.25) is 0 Å². The molecule has 0 atom stereocenters. The van der Waals surface area contributed by atoms with Gasteiger partial charge in [0, 0.05) is 11.1 Å². The van der Waals surface area contributed by atoms with Gasteiger partial charge in [0.25, 0.3) is 5.90 Å². The van der Waals surface area contributed by atoms with Crippen molar-refractivity contribution >= 4 is 29.2 Å². The van der Waals surface area contributed by atoms with Gasteiger partial charge < -0.3 is 19.2 Å². The standard InChI is InChI=1S/C17H21N5O4/c1-12(13(2)20-23-3)19-18-11-14-7-5-6-8-15(14)16(21-24-4)17-22-26-10-9-25-17/h5-8,11H,9-10H2,1-4H3. The zero-order valence-corrected chi connectivity index (χ0v) is 15.2. The van der Waals surface area contributed by atoms with Crippen LogP contribution in [0.2, 0.25) is 0 Å². The van der Waals surface area contributed by atoms with Crippen LogP contribution in [0.3, 0.4) is 0 Å². The molecule has 1 aliphatic rings. The molecule has 0 aromatic heterocycles. The molecule has 0 unspecified atom stereocenters. The summed E-state index contributed by atoms with van der Waals surface area (Å²) in [6.07, 6.45) is 1.61. The van der Waals surface area contributed by atoms with Crippen LogP contribution in [0, 0.1) is 0 Å². The fourth-order valence-electron chi connectivity index (χ4n) is 1.99. The fraction of sp³-hybridized carbons (Fsp3) is 0.353.